The lowest BCUT2D eigenvalue weighted by Gasteiger charge is -2.25. The van der Waals surface area contributed by atoms with Gasteiger partial charge in [0.15, 0.2) is 181 Å². The monoisotopic (exact) mass is 2030 g/mol. The fourth-order valence-electron chi connectivity index (χ4n) is 15.6. The molecule has 12 aromatic rings. The van der Waals surface area contributed by atoms with E-state index in [4.69, 9.17) is 118 Å². The summed E-state index contributed by atoms with van der Waals surface area (Å²) < 4.78 is 260. The molecule has 0 aromatic carbocycles. The number of imidazole rings is 5. The number of anilines is 6. The lowest BCUT2D eigenvalue weighted by atomic mass is 10.1. The first-order valence-corrected chi connectivity index (χ1v) is 48.9. The molecular formula is C62H69F5N28O34P6. The highest BCUT2D eigenvalue weighted by Gasteiger charge is 2.60. The summed E-state index contributed by atoms with van der Waals surface area (Å²) in [4.78, 5) is 151. The highest BCUT2D eigenvalue weighted by Crippen LogP contribution is 2.59. The number of pyridine rings is 3. The lowest BCUT2D eigenvalue weighted by molar-refractivity contribution is -0.170. The molecule has 9 aliphatic rings. The lowest BCUT2D eigenvalue weighted by Crippen LogP contribution is -2.35. The molecular weight excluding hydrogens is 1960 g/mol. The van der Waals surface area contributed by atoms with Crippen molar-refractivity contribution >= 4 is 148 Å². The Morgan fingerprint density at radius 1 is 0.356 bits per heavy atom. The molecule has 726 valence electrons. The van der Waals surface area contributed by atoms with Crippen LogP contribution in [0.2, 0.25) is 0 Å². The summed E-state index contributed by atoms with van der Waals surface area (Å²) in [5, 5.41) is 18.3. The molecule has 73 heteroatoms. The van der Waals surface area contributed by atoms with Crippen molar-refractivity contribution in [3.05, 3.63) is 99.5 Å². The average molecular weight is 2030 g/mol. The number of nitrogens with zero attached hydrogens (tertiary/aromatic N) is 19. The van der Waals surface area contributed by atoms with Gasteiger partial charge in [0.25, 0.3) is 16.7 Å². The second kappa shape index (κ2) is 35.3. The zero-order chi connectivity index (χ0) is 95.5. The van der Waals surface area contributed by atoms with Crippen LogP contribution in [-0.2, 0) is 111 Å². The Balaban J connectivity index is 0.000000130. The topological polar surface area (TPSA) is 862 Å². The Bertz CT molecular complexity index is 6480. The van der Waals surface area contributed by atoms with E-state index in [9.17, 15) is 76.2 Å². The molecule has 135 heavy (non-hydrogen) atoms. The average Bonchev–Trinajstić information content (AvgIpc) is 1.63. The number of aliphatic hydroxyl groups is 1. The van der Waals surface area contributed by atoms with Gasteiger partial charge in [0.05, 0.1) is 61.9 Å². The number of alkyl halides is 5. The van der Waals surface area contributed by atoms with E-state index in [1.165, 1.54) is 47.7 Å². The van der Waals surface area contributed by atoms with Gasteiger partial charge in [0.2, 0.25) is 17.8 Å². The third-order valence-electron chi connectivity index (χ3n) is 21.5. The van der Waals surface area contributed by atoms with Gasteiger partial charge >= 0.3 is 46.0 Å². The quantitative estimate of drug-likeness (QED) is 0.0706. The van der Waals surface area contributed by atoms with Crippen LogP contribution in [0.15, 0.2) is 82.8 Å². The minimum atomic E-state index is -5.21. The van der Waals surface area contributed by atoms with Crippen molar-refractivity contribution in [1.29, 1.82) is 0 Å². The number of hydrogen-bond acceptors (Lipinski definition) is 47. The van der Waals surface area contributed by atoms with Crippen molar-refractivity contribution in [1.82, 2.24) is 108 Å². The highest BCUT2D eigenvalue weighted by atomic mass is 31.2. The van der Waals surface area contributed by atoms with Crippen LogP contribution in [-0.4, -0.2) is 292 Å². The first-order chi connectivity index (χ1) is 63.9. The van der Waals surface area contributed by atoms with Crippen LogP contribution < -0.4 is 51.1 Å². The second-order valence-corrected chi connectivity index (χ2v) is 40.3. The predicted octanol–water partition coefficient (Wildman–Crippen LogP) is -0.928. The molecule has 0 radical (unpaired) electrons. The predicted molar refractivity (Wildman–Crippen MR) is 429 cm³/mol. The molecule has 0 amide bonds. The van der Waals surface area contributed by atoms with E-state index >= 15 is 22.0 Å². The summed E-state index contributed by atoms with van der Waals surface area (Å²) in [6.45, 7) is -1.88. The molecule has 21 heterocycles. The van der Waals surface area contributed by atoms with E-state index in [0.717, 1.165) is 48.3 Å². The molecule has 9 saturated heterocycles. The van der Waals surface area contributed by atoms with Gasteiger partial charge in [-0.25, -0.2) is 71.0 Å². The molecule has 0 aliphatic carbocycles. The van der Waals surface area contributed by atoms with Crippen LogP contribution in [0.5, 0.6) is 0 Å². The van der Waals surface area contributed by atoms with Crippen molar-refractivity contribution in [2.75, 3.05) is 73.0 Å². The summed E-state index contributed by atoms with van der Waals surface area (Å²) >= 11 is 0. The maximum atomic E-state index is 15.9. The minimum Gasteiger partial charge on any atom is -0.397 e. The maximum absolute atomic E-state index is 15.9. The summed E-state index contributed by atoms with van der Waals surface area (Å²) in [6.07, 6.45) is -40.5. The van der Waals surface area contributed by atoms with Crippen molar-refractivity contribution in [3.8, 4) is 0 Å². The van der Waals surface area contributed by atoms with Crippen LogP contribution in [0.1, 0.15) is 37.4 Å². The van der Waals surface area contributed by atoms with E-state index in [2.05, 4.69) is 80.1 Å². The number of nitrogen functional groups attached to an aromatic ring is 6. The molecule has 0 saturated carbocycles. The number of hydrogen-bond donors (Lipinski definition) is 16. The van der Waals surface area contributed by atoms with E-state index in [1.807, 2.05) is 0 Å². The Hall–Kier alpha value is -10.3. The summed E-state index contributed by atoms with van der Waals surface area (Å²) in [7, 11) is -30.1. The van der Waals surface area contributed by atoms with Gasteiger partial charge < -0.3 is 116 Å². The van der Waals surface area contributed by atoms with E-state index in [1.54, 1.807) is 0 Å². The number of aliphatic hydroxyl groups excluding tert-OH is 1. The maximum Gasteiger partial charge on any atom is 0.472 e. The third-order valence-corrected chi connectivity index (χ3v) is 27.7. The van der Waals surface area contributed by atoms with Gasteiger partial charge in [-0.15, -0.1) is 5.10 Å². The number of nitrogens with two attached hydrogens (primary N) is 6. The zero-order valence-corrected chi connectivity index (χ0v) is 72.5. The number of halogens is 5. The second-order valence-electron chi connectivity index (χ2n) is 30.5. The molecule has 0 spiro atoms. The summed E-state index contributed by atoms with van der Waals surface area (Å²) in [5.41, 5.74) is 32.6. The minimum absolute atomic E-state index is 0.0927. The van der Waals surface area contributed by atoms with Gasteiger partial charge in [0, 0.05) is 18.6 Å². The summed E-state index contributed by atoms with van der Waals surface area (Å²) in [6, 6.07) is 4.41. The Morgan fingerprint density at radius 3 is 1.17 bits per heavy atom. The Kier molecular flexibility index (Phi) is 24.5. The molecule has 22 N–H and O–H groups in total. The van der Waals surface area contributed by atoms with Gasteiger partial charge in [-0.05, 0) is 18.2 Å². The number of nitrogens with one attached hydrogen (secondary N) is 3. The van der Waals surface area contributed by atoms with Gasteiger partial charge in [0.1, 0.15) is 59.3 Å². The van der Waals surface area contributed by atoms with Crippen LogP contribution in [0, 0.1) is 0 Å². The number of H-pyrrole nitrogens is 3. The molecule has 9 fully saturated rings. The molecule has 62 nitrogen and oxygen atoms in total. The number of phosphoric ester groups is 2. The van der Waals surface area contributed by atoms with E-state index in [0.29, 0.717) is 0 Å². The van der Waals surface area contributed by atoms with Crippen LogP contribution in [0.25, 0.3) is 67.0 Å². The largest absolute Gasteiger partial charge is 0.472 e. The Morgan fingerprint density at radius 2 is 0.696 bits per heavy atom. The normalized spacial score (nSPS) is 37.7. The first kappa shape index (κ1) is 93.7. The third kappa shape index (κ3) is 17.9. The first-order valence-electron chi connectivity index (χ1n) is 38.8. The Labute approximate surface area is 741 Å². The fourth-order valence-corrected chi connectivity index (χ4v) is 21.4. The number of fused-ring (bicyclic) bond motifs is 15. The van der Waals surface area contributed by atoms with E-state index in [-0.39, 0.29) is 102 Å². The number of phosphoric acid groups is 2. The van der Waals surface area contributed by atoms with E-state index < -0.39 is 250 Å². The summed E-state index contributed by atoms with van der Waals surface area (Å²) in [5.74, 6) is -0.980. The van der Waals surface area contributed by atoms with Gasteiger partial charge in [-0.1, -0.05) is 5.21 Å². The zero-order valence-electron chi connectivity index (χ0n) is 67.1. The van der Waals surface area contributed by atoms with Crippen molar-refractivity contribution in [2.45, 2.75) is 148 Å². The van der Waals surface area contributed by atoms with Crippen LogP contribution in [0.3, 0.4) is 0 Å². The van der Waals surface area contributed by atoms with Crippen molar-refractivity contribution in [3.63, 3.8) is 0 Å². The number of aromatic nitrogens is 22. The van der Waals surface area contributed by atoms with Crippen LogP contribution in [0.4, 0.5) is 56.9 Å². The molecule has 30 atom stereocenters. The number of rotatable bonds is 6. The van der Waals surface area contributed by atoms with Crippen LogP contribution >= 0.6 is 46.0 Å². The molecule has 9 aliphatic heterocycles. The van der Waals surface area contributed by atoms with Gasteiger partial charge in [-0.2, -0.15) is 19.6 Å². The molecule has 21 rings (SSSR count). The standard InChI is InChI=1S/2C21H23F2N9O11P2.C20H23FN10O12P2/c22-8-13-20(40-17(8)31-3-27-10-7(24)1-2-26-14(10)31)39-6-44(34,35)42-12-9(23)19(38-5-45(36,37)43-13)41-18(12)32-4-28-11-15(32)29-21(25)30-16(11)33;22-9-8-3-39-45(36,37)43-14-10(23)18(31-4-27-11-7(24)1-2-26-15(11)31)41-20(14)38-6-44(34,35)42-13(9)19(40-8)32-5-28-12-16(32)29-21(25)30-17(12)33;21-8-12-7(40-17(8)30-4-25-9-6(22)1-2-24-14(9)30)3-39-45(36,37)43-13-11(32)19(38-5-44(34,35)42-12)41-18(13)31-15-10(28-29-31)16(33)27-20(23)26-15/h1-4,8-9,12-13,17-20H,5-6H2,(H2,24,26)(H,34,35)(H,36,37)(H3,25,29,30,33);1-2,4-5,8-10,13-14,18-20H,3,6H2,(H2,24,26)(H,34,35)(H,36,37)(H3,25,29,30,33);1-2,4,7-8,11-13,17-19,32H,3,5H2,(H2,22,24)(H,34,35)(H,36,37)(H3,23,26,27,33)/t8?,9-,12?,13-,17-,18-,19+,20+;8-,9+,10?,13?,14-,18-,19-,20+;7-,8?,11-,12+,13?,17-,18-,19+/m111/s1. The fraction of sp³-hybridized carbons (Fsp3) is 0.484. The smallest absolute Gasteiger partial charge is 0.397 e. The van der Waals surface area contributed by atoms with Crippen molar-refractivity contribution in [2.24, 2.45) is 0 Å². The molecule has 12 aromatic heterocycles. The molecule has 12 unspecified atom stereocenters. The SMILES string of the molecule is Nc1nc2c(ncn2[C@@H]2O[C@@H]3COP(=O)(O)O[C@@H]4C(F)[C@H](n5cnc6c(N)ccnc65)O[C@@H]4OCP(=O)(O)OC2[C@H]3F)c(=O)[nH]1.Nc1nc2c(ncn2[C@@H]2O[C@@H]3OCP(=O)(O)O[C@@H]4C(F)[C@H](n5cnc6c(N)ccnc65)O[C@@H]4OCP(=O)(O)OC2[C@H]3F)c(=O)[nH]1.Nc1nc2c(nnn2[C@@H]2O[C@@H]3OCP(=O)(O)O[C@@H]4C(F)[C@H](n5cnc6c(N)ccnc65)O[C@@H]4COP(=O)(O)OC2[C@H]3O)c(=O)[nH]1. The number of aromatic amines is 3. The molecule has 6 bridgehead atoms. The van der Waals surface area contributed by atoms with Gasteiger partial charge in [-0.3, -0.25) is 107 Å². The number of ether oxygens (including phenoxy) is 10. The highest BCUT2D eigenvalue weighted by molar-refractivity contribution is 7.53. The van der Waals surface area contributed by atoms with Crippen molar-refractivity contribution < 1.29 is 167 Å².